The van der Waals surface area contributed by atoms with Crippen molar-refractivity contribution in [1.82, 2.24) is 0 Å². The Morgan fingerprint density at radius 2 is 1.25 bits per heavy atom. The second-order valence-corrected chi connectivity index (χ2v) is 3.00. The highest BCUT2D eigenvalue weighted by Crippen LogP contribution is 2.02. The van der Waals surface area contributed by atoms with E-state index in [1.165, 1.54) is 25.7 Å². The summed E-state index contributed by atoms with van der Waals surface area (Å²) in [6.45, 7) is 0. The first kappa shape index (κ1) is 9.31. The smallest absolute Gasteiger partial charge is 0.0167 e. The lowest BCUT2D eigenvalue weighted by Gasteiger charge is -1.92. The minimum absolute atomic E-state index is 1.08. The summed E-state index contributed by atoms with van der Waals surface area (Å²) in [5.74, 6) is 0. The third kappa shape index (κ3) is 4.95. The van der Waals surface area contributed by atoms with Crippen LogP contribution >= 0.6 is 0 Å². The van der Waals surface area contributed by atoms with Crippen LogP contribution in [0.15, 0.2) is 36.5 Å². The molecule has 0 atom stereocenters. The quantitative estimate of drug-likeness (QED) is 0.474. The molecule has 0 spiro atoms. The van der Waals surface area contributed by atoms with Gasteiger partial charge in [0.2, 0.25) is 0 Å². The molecule has 1 aliphatic carbocycles. The Labute approximate surface area is 75.7 Å². The predicted molar refractivity (Wildman–Crippen MR) is 54.8 cm³/mol. The maximum absolute atomic E-state index is 2.28. The molecule has 0 amide bonds. The molecule has 0 aromatic rings. The molecule has 0 heterocycles. The van der Waals surface area contributed by atoms with E-state index in [9.17, 15) is 0 Å². The topological polar surface area (TPSA) is 0 Å². The molecule has 0 saturated heterocycles. The Kier molecular flexibility index (Phi) is 5.35. The molecule has 0 saturated carbocycles. The van der Waals surface area contributed by atoms with Gasteiger partial charge in [-0.05, 0) is 38.5 Å². The number of allylic oxidation sites excluding steroid dienone is 6. The first-order valence-corrected chi connectivity index (χ1v) is 4.78. The van der Waals surface area contributed by atoms with Gasteiger partial charge in [0.25, 0.3) is 0 Å². The summed E-state index contributed by atoms with van der Waals surface area (Å²) in [6, 6.07) is 0. The summed E-state index contributed by atoms with van der Waals surface area (Å²) in [5.41, 5.74) is 0. The highest BCUT2D eigenvalue weighted by atomic mass is 13.9. The van der Waals surface area contributed by atoms with Crippen LogP contribution in [-0.4, -0.2) is 0 Å². The van der Waals surface area contributed by atoms with E-state index in [0.29, 0.717) is 0 Å². The summed E-state index contributed by atoms with van der Waals surface area (Å²) < 4.78 is 0. The summed E-state index contributed by atoms with van der Waals surface area (Å²) in [7, 11) is 0. The molecule has 65 valence electrons. The number of hydrogen-bond acceptors (Lipinski definition) is 0. The fourth-order valence-electron chi connectivity index (χ4n) is 1.18. The third-order valence-electron chi connectivity index (χ3n) is 1.88. The van der Waals surface area contributed by atoms with E-state index in [2.05, 4.69) is 42.9 Å². The molecule has 0 fully saturated rings. The molecule has 1 rings (SSSR count). The highest BCUT2D eigenvalue weighted by molar-refractivity contribution is 5.01. The second kappa shape index (κ2) is 6.90. The van der Waals surface area contributed by atoms with Crippen LogP contribution < -0.4 is 0 Å². The van der Waals surface area contributed by atoms with Crippen LogP contribution in [0.1, 0.15) is 32.1 Å². The standard InChI is InChI=1S/C12H17/c1-2-4-6-8-10-12-11-9-7-5-3-1/h1-3,6,8-9,11H,4-5,7,10,12H2. The highest BCUT2D eigenvalue weighted by Gasteiger charge is 1.83. The average Bonchev–Trinajstić information content (AvgIpc) is 2.05. The molecular weight excluding hydrogens is 144 g/mol. The molecule has 0 aromatic heterocycles. The van der Waals surface area contributed by atoms with Gasteiger partial charge >= 0.3 is 0 Å². The average molecular weight is 161 g/mol. The van der Waals surface area contributed by atoms with Crippen LogP contribution in [0.25, 0.3) is 0 Å². The Hall–Kier alpha value is -0.780. The van der Waals surface area contributed by atoms with Gasteiger partial charge in [0.1, 0.15) is 0 Å². The van der Waals surface area contributed by atoms with E-state index in [0.717, 1.165) is 6.42 Å². The fraction of sp³-hybridized carbons (Fsp3) is 0.417. The van der Waals surface area contributed by atoms with E-state index in [1.54, 1.807) is 0 Å². The van der Waals surface area contributed by atoms with Crippen LogP contribution in [0, 0.1) is 6.42 Å². The summed E-state index contributed by atoms with van der Waals surface area (Å²) in [5, 5.41) is 0. The van der Waals surface area contributed by atoms with E-state index < -0.39 is 0 Å². The SMILES string of the molecule is [CH]1C=CCC=CCCC=CCC1. The van der Waals surface area contributed by atoms with Gasteiger partial charge in [-0.15, -0.1) is 0 Å². The Morgan fingerprint density at radius 3 is 2.08 bits per heavy atom. The van der Waals surface area contributed by atoms with Gasteiger partial charge in [0.05, 0.1) is 0 Å². The molecule has 0 heteroatoms. The zero-order valence-corrected chi connectivity index (χ0v) is 7.58. The van der Waals surface area contributed by atoms with Gasteiger partial charge in [-0.25, -0.2) is 0 Å². The normalized spacial score (nSPS) is 20.0. The Morgan fingerprint density at radius 1 is 0.583 bits per heavy atom. The van der Waals surface area contributed by atoms with Crippen LogP contribution in [0.2, 0.25) is 0 Å². The lowest BCUT2D eigenvalue weighted by molar-refractivity contribution is 0.971. The molecule has 0 aromatic carbocycles. The summed E-state index contributed by atoms with van der Waals surface area (Å²) >= 11 is 0. The summed E-state index contributed by atoms with van der Waals surface area (Å²) in [6.07, 6.45) is 21.5. The first-order valence-electron chi connectivity index (χ1n) is 4.78. The van der Waals surface area contributed by atoms with Gasteiger partial charge in [0, 0.05) is 0 Å². The van der Waals surface area contributed by atoms with Gasteiger partial charge < -0.3 is 0 Å². The molecule has 12 heavy (non-hydrogen) atoms. The van der Waals surface area contributed by atoms with Crippen molar-refractivity contribution in [3.63, 3.8) is 0 Å². The molecular formula is C12H17. The van der Waals surface area contributed by atoms with Crippen LogP contribution in [0.3, 0.4) is 0 Å². The molecule has 1 aliphatic rings. The van der Waals surface area contributed by atoms with Gasteiger partial charge in [-0.3, -0.25) is 0 Å². The summed E-state index contributed by atoms with van der Waals surface area (Å²) in [4.78, 5) is 0. The second-order valence-electron chi connectivity index (χ2n) is 3.00. The molecule has 0 N–H and O–H groups in total. The van der Waals surface area contributed by atoms with E-state index in [-0.39, 0.29) is 0 Å². The van der Waals surface area contributed by atoms with Crippen LogP contribution in [0.4, 0.5) is 0 Å². The number of rotatable bonds is 0. The van der Waals surface area contributed by atoms with Crippen molar-refractivity contribution < 1.29 is 0 Å². The lowest BCUT2D eigenvalue weighted by atomic mass is 10.1. The van der Waals surface area contributed by atoms with E-state index in [4.69, 9.17) is 0 Å². The predicted octanol–water partition coefficient (Wildman–Crippen LogP) is 3.82. The maximum Gasteiger partial charge on any atom is -0.0167 e. The zero-order valence-electron chi connectivity index (χ0n) is 7.58. The van der Waals surface area contributed by atoms with Crippen molar-refractivity contribution in [2.45, 2.75) is 32.1 Å². The monoisotopic (exact) mass is 161 g/mol. The van der Waals surface area contributed by atoms with Gasteiger partial charge in [-0.1, -0.05) is 36.5 Å². The van der Waals surface area contributed by atoms with Crippen LogP contribution in [0.5, 0.6) is 0 Å². The van der Waals surface area contributed by atoms with Crippen molar-refractivity contribution in [3.8, 4) is 0 Å². The zero-order chi connectivity index (χ0) is 8.49. The molecule has 0 unspecified atom stereocenters. The fourth-order valence-corrected chi connectivity index (χ4v) is 1.18. The van der Waals surface area contributed by atoms with Crippen LogP contribution in [-0.2, 0) is 0 Å². The lowest BCUT2D eigenvalue weighted by Crippen LogP contribution is -1.73. The largest absolute Gasteiger partial charge is 0.0885 e. The minimum atomic E-state index is 1.08. The van der Waals surface area contributed by atoms with Crippen molar-refractivity contribution in [1.29, 1.82) is 0 Å². The molecule has 0 aliphatic heterocycles. The Balaban J connectivity index is 2.30. The maximum atomic E-state index is 2.28. The van der Waals surface area contributed by atoms with Gasteiger partial charge in [0.15, 0.2) is 0 Å². The molecule has 0 nitrogen and oxygen atoms in total. The van der Waals surface area contributed by atoms with Crippen molar-refractivity contribution in [2.24, 2.45) is 0 Å². The minimum Gasteiger partial charge on any atom is -0.0885 e. The van der Waals surface area contributed by atoms with Crippen molar-refractivity contribution in [3.05, 3.63) is 42.9 Å². The molecule has 1 radical (unpaired) electrons. The van der Waals surface area contributed by atoms with Crippen molar-refractivity contribution in [2.75, 3.05) is 0 Å². The van der Waals surface area contributed by atoms with E-state index >= 15 is 0 Å². The van der Waals surface area contributed by atoms with E-state index in [1.807, 2.05) is 0 Å². The third-order valence-corrected chi connectivity index (χ3v) is 1.88. The first-order chi connectivity index (χ1) is 6.00. The number of hydrogen-bond donors (Lipinski definition) is 0. The molecule has 0 bridgehead atoms. The van der Waals surface area contributed by atoms with Gasteiger partial charge in [-0.2, -0.15) is 0 Å². The van der Waals surface area contributed by atoms with Crippen molar-refractivity contribution >= 4 is 0 Å². The Bertz CT molecular complexity index is 172.